The maximum atomic E-state index is 11.7. The number of nitro groups is 2. The van der Waals surface area contributed by atoms with E-state index in [0.717, 1.165) is 18.3 Å². The van der Waals surface area contributed by atoms with Crippen molar-refractivity contribution in [1.82, 2.24) is 0 Å². The number of hydrazone groups is 1. The molecule has 0 aliphatic heterocycles. The van der Waals surface area contributed by atoms with Gasteiger partial charge in [0.05, 0.1) is 33.4 Å². The monoisotopic (exact) mass is 371 g/mol. The van der Waals surface area contributed by atoms with Gasteiger partial charge in [-0.3, -0.25) is 25.7 Å². The molecule has 0 aliphatic rings. The number of carbonyl (C=O) groups is 1. The lowest BCUT2D eigenvalue weighted by Crippen LogP contribution is -2.04. The largest absolute Gasteiger partial charge is 0.365 e. The Morgan fingerprint density at radius 2 is 1.81 bits per heavy atom. The van der Waals surface area contributed by atoms with Gasteiger partial charge in [0.25, 0.3) is 5.69 Å². The summed E-state index contributed by atoms with van der Waals surface area (Å²) in [6, 6.07) is 11.3. The van der Waals surface area contributed by atoms with Crippen molar-refractivity contribution < 1.29 is 19.5 Å². The summed E-state index contributed by atoms with van der Waals surface area (Å²) in [5.41, 5.74) is 2.02. The van der Waals surface area contributed by atoms with Gasteiger partial charge in [-0.25, -0.2) is 4.79 Å². The maximum Gasteiger partial charge on any atom is 0.365 e. The molecular weight excluding hydrogens is 358 g/mol. The van der Waals surface area contributed by atoms with Gasteiger partial charge in [0.15, 0.2) is 0 Å². The Balaban J connectivity index is 2.03. The van der Waals surface area contributed by atoms with Crippen LogP contribution in [0.1, 0.15) is 17.3 Å². The molecule has 0 bridgehead atoms. The van der Waals surface area contributed by atoms with Crippen molar-refractivity contribution in [3.8, 4) is 0 Å². The molecule has 0 heterocycles. The third-order valence-corrected chi connectivity index (χ3v) is 3.13. The Kier molecular flexibility index (Phi) is 6.25. The number of nitrogens with one attached hydrogen (secondary N) is 1. The standard InChI is InChI=1S/C16H13N5O6/c1-11(10-17-27-16(22)12-5-3-2-4-6-12)18-19-14-8-7-13(20(23)24)9-15(14)21(25)26/h2-10,19H,1H3/b17-10+,18-11+. The number of rotatable bonds is 7. The van der Waals surface area contributed by atoms with E-state index in [4.69, 9.17) is 4.84 Å². The molecule has 11 nitrogen and oxygen atoms in total. The first-order valence-electron chi connectivity index (χ1n) is 7.41. The Bertz CT molecular complexity index is 926. The lowest BCUT2D eigenvalue weighted by molar-refractivity contribution is -0.393. The molecule has 0 saturated heterocycles. The Labute approximate surface area is 152 Å². The predicted octanol–water partition coefficient (Wildman–Crippen LogP) is 3.13. The minimum atomic E-state index is -0.768. The third-order valence-electron chi connectivity index (χ3n) is 3.13. The number of nitro benzene ring substituents is 2. The average Bonchev–Trinajstić information content (AvgIpc) is 2.66. The van der Waals surface area contributed by atoms with Crippen LogP contribution in [0.2, 0.25) is 0 Å². The molecule has 2 aromatic carbocycles. The first kappa shape index (κ1) is 19.2. The van der Waals surface area contributed by atoms with Gasteiger partial charge < -0.3 is 4.84 Å². The van der Waals surface area contributed by atoms with Gasteiger partial charge in [0.2, 0.25) is 0 Å². The topological polar surface area (TPSA) is 149 Å². The number of nitrogens with zero attached hydrogens (tertiary/aromatic N) is 4. The van der Waals surface area contributed by atoms with Crippen molar-refractivity contribution in [2.75, 3.05) is 5.43 Å². The number of hydrogen-bond donors (Lipinski definition) is 1. The molecule has 0 saturated carbocycles. The number of hydrogen-bond acceptors (Lipinski definition) is 9. The lowest BCUT2D eigenvalue weighted by atomic mass is 10.2. The normalized spacial score (nSPS) is 11.2. The highest BCUT2D eigenvalue weighted by Gasteiger charge is 2.19. The molecule has 0 atom stereocenters. The Morgan fingerprint density at radius 1 is 1.11 bits per heavy atom. The van der Waals surface area contributed by atoms with E-state index in [9.17, 15) is 25.0 Å². The summed E-state index contributed by atoms with van der Waals surface area (Å²) in [4.78, 5) is 36.6. The van der Waals surface area contributed by atoms with E-state index in [1.807, 2.05) is 0 Å². The Hall–Kier alpha value is -4.15. The first-order valence-corrected chi connectivity index (χ1v) is 7.41. The summed E-state index contributed by atoms with van der Waals surface area (Å²) >= 11 is 0. The molecule has 0 aromatic heterocycles. The van der Waals surface area contributed by atoms with E-state index in [1.165, 1.54) is 13.0 Å². The van der Waals surface area contributed by atoms with E-state index >= 15 is 0 Å². The fourth-order valence-corrected chi connectivity index (χ4v) is 1.83. The second-order valence-electron chi connectivity index (χ2n) is 5.06. The fourth-order valence-electron chi connectivity index (χ4n) is 1.83. The molecule has 1 N–H and O–H groups in total. The van der Waals surface area contributed by atoms with Crippen LogP contribution in [-0.2, 0) is 4.84 Å². The van der Waals surface area contributed by atoms with Crippen molar-refractivity contribution >= 4 is 35.0 Å². The lowest BCUT2D eigenvalue weighted by Gasteiger charge is -2.02. The molecular formula is C16H13N5O6. The fraction of sp³-hybridized carbons (Fsp3) is 0.0625. The summed E-state index contributed by atoms with van der Waals surface area (Å²) in [5, 5.41) is 29.1. The van der Waals surface area contributed by atoms with Crippen LogP contribution in [0.25, 0.3) is 0 Å². The number of carbonyl (C=O) groups excluding carboxylic acids is 1. The molecule has 27 heavy (non-hydrogen) atoms. The van der Waals surface area contributed by atoms with Crippen LogP contribution < -0.4 is 5.43 Å². The maximum absolute atomic E-state index is 11.7. The van der Waals surface area contributed by atoms with E-state index in [1.54, 1.807) is 30.3 Å². The number of oxime groups is 1. The summed E-state index contributed by atoms with van der Waals surface area (Å²) < 4.78 is 0. The number of anilines is 1. The third kappa shape index (κ3) is 5.42. The minimum absolute atomic E-state index is 0.0420. The van der Waals surface area contributed by atoms with Gasteiger partial charge in [-0.1, -0.05) is 23.4 Å². The van der Waals surface area contributed by atoms with Crippen LogP contribution in [0.3, 0.4) is 0 Å². The van der Waals surface area contributed by atoms with Crippen molar-refractivity contribution in [2.24, 2.45) is 10.3 Å². The van der Waals surface area contributed by atoms with Gasteiger partial charge in [-0.05, 0) is 25.1 Å². The van der Waals surface area contributed by atoms with Crippen LogP contribution in [0.15, 0.2) is 58.8 Å². The summed E-state index contributed by atoms with van der Waals surface area (Å²) in [5.74, 6) is -0.654. The summed E-state index contributed by atoms with van der Waals surface area (Å²) in [6.07, 6.45) is 1.13. The molecule has 2 rings (SSSR count). The van der Waals surface area contributed by atoms with Crippen molar-refractivity contribution in [1.29, 1.82) is 0 Å². The number of benzene rings is 2. The van der Waals surface area contributed by atoms with Crippen molar-refractivity contribution in [2.45, 2.75) is 6.92 Å². The van der Waals surface area contributed by atoms with Crippen LogP contribution >= 0.6 is 0 Å². The molecule has 0 radical (unpaired) electrons. The van der Waals surface area contributed by atoms with Crippen LogP contribution in [0.4, 0.5) is 17.1 Å². The van der Waals surface area contributed by atoms with E-state index in [0.29, 0.717) is 5.56 Å². The highest BCUT2D eigenvalue weighted by Crippen LogP contribution is 2.28. The molecule has 0 spiro atoms. The molecule has 138 valence electrons. The zero-order chi connectivity index (χ0) is 19.8. The molecule has 11 heteroatoms. The SMILES string of the molecule is CC(/C=N/OC(=O)c1ccccc1)=N\Nc1ccc([N+](=O)[O-])cc1[N+](=O)[O-]. The van der Waals surface area contributed by atoms with Crippen LogP contribution in [0, 0.1) is 20.2 Å². The molecule has 2 aromatic rings. The van der Waals surface area contributed by atoms with Gasteiger partial charge in [-0.15, -0.1) is 0 Å². The van der Waals surface area contributed by atoms with Gasteiger partial charge in [-0.2, -0.15) is 5.10 Å². The highest BCUT2D eigenvalue weighted by atomic mass is 16.7. The van der Waals surface area contributed by atoms with E-state index in [2.05, 4.69) is 15.7 Å². The smallest absolute Gasteiger partial charge is 0.313 e. The molecule has 0 fully saturated rings. The van der Waals surface area contributed by atoms with Crippen molar-refractivity contribution in [3.63, 3.8) is 0 Å². The van der Waals surface area contributed by atoms with E-state index in [-0.39, 0.29) is 11.4 Å². The van der Waals surface area contributed by atoms with Gasteiger partial charge in [0.1, 0.15) is 5.69 Å². The first-order chi connectivity index (χ1) is 12.9. The van der Waals surface area contributed by atoms with E-state index < -0.39 is 27.2 Å². The molecule has 0 aliphatic carbocycles. The average molecular weight is 371 g/mol. The number of non-ortho nitro benzene ring substituents is 1. The van der Waals surface area contributed by atoms with Gasteiger partial charge >= 0.3 is 11.7 Å². The second kappa shape index (κ2) is 8.80. The second-order valence-corrected chi connectivity index (χ2v) is 5.06. The minimum Gasteiger partial charge on any atom is -0.313 e. The van der Waals surface area contributed by atoms with Crippen LogP contribution in [0.5, 0.6) is 0 Å². The van der Waals surface area contributed by atoms with Crippen molar-refractivity contribution in [3.05, 3.63) is 74.3 Å². The highest BCUT2D eigenvalue weighted by molar-refractivity contribution is 6.29. The predicted molar refractivity (Wildman–Crippen MR) is 96.8 cm³/mol. The summed E-state index contributed by atoms with van der Waals surface area (Å²) in [7, 11) is 0. The van der Waals surface area contributed by atoms with Gasteiger partial charge in [0, 0.05) is 6.07 Å². The molecule has 0 unspecified atom stereocenters. The molecule has 0 amide bonds. The zero-order valence-corrected chi connectivity index (χ0v) is 13.9. The van der Waals surface area contributed by atoms with Crippen LogP contribution in [-0.4, -0.2) is 27.7 Å². The summed E-state index contributed by atoms with van der Waals surface area (Å²) in [6.45, 7) is 1.50. The Morgan fingerprint density at radius 3 is 2.44 bits per heavy atom. The quantitative estimate of drug-likeness (QED) is 0.340. The zero-order valence-electron chi connectivity index (χ0n) is 13.9.